The average molecular weight is 250 g/mol. The van der Waals surface area contributed by atoms with E-state index in [1.807, 2.05) is 6.08 Å². The van der Waals surface area contributed by atoms with E-state index in [-0.39, 0.29) is 17.4 Å². The Kier molecular flexibility index (Phi) is 3.37. The van der Waals surface area contributed by atoms with Crippen LogP contribution in [0.25, 0.3) is 0 Å². The van der Waals surface area contributed by atoms with Crippen LogP contribution in [0.3, 0.4) is 0 Å². The van der Waals surface area contributed by atoms with Crippen molar-refractivity contribution in [3.05, 3.63) is 23.8 Å². The SMILES string of the molecule is C=C(C(=O)O)[C@H]1CC[C@@]2(C)C[C@@H](O)C=C(C)[C@@H]2C1. The fourth-order valence-corrected chi connectivity index (χ4v) is 3.79. The van der Waals surface area contributed by atoms with Gasteiger partial charge in [-0.1, -0.05) is 25.2 Å². The van der Waals surface area contributed by atoms with Crippen molar-refractivity contribution in [2.24, 2.45) is 17.3 Å². The summed E-state index contributed by atoms with van der Waals surface area (Å²) in [6, 6.07) is 0. The molecule has 0 aromatic carbocycles. The van der Waals surface area contributed by atoms with Crippen LogP contribution in [-0.2, 0) is 4.79 Å². The normalized spacial score (nSPS) is 39.7. The molecular weight excluding hydrogens is 228 g/mol. The van der Waals surface area contributed by atoms with E-state index in [4.69, 9.17) is 5.11 Å². The summed E-state index contributed by atoms with van der Waals surface area (Å²) in [7, 11) is 0. The third-order valence-corrected chi connectivity index (χ3v) is 4.87. The van der Waals surface area contributed by atoms with Crippen LogP contribution in [0.4, 0.5) is 0 Å². The predicted octanol–water partition coefficient (Wildman–Crippen LogP) is 2.76. The minimum absolute atomic E-state index is 0.0826. The summed E-state index contributed by atoms with van der Waals surface area (Å²) in [4.78, 5) is 11.0. The summed E-state index contributed by atoms with van der Waals surface area (Å²) in [6.45, 7) is 7.98. The Bertz CT molecular complexity index is 410. The van der Waals surface area contributed by atoms with Crippen LogP contribution in [0.2, 0.25) is 0 Å². The van der Waals surface area contributed by atoms with Crippen LogP contribution in [-0.4, -0.2) is 22.3 Å². The number of rotatable bonds is 2. The van der Waals surface area contributed by atoms with Crippen molar-refractivity contribution in [2.45, 2.75) is 45.6 Å². The van der Waals surface area contributed by atoms with Gasteiger partial charge in [0.25, 0.3) is 0 Å². The number of carbonyl (C=O) groups is 1. The van der Waals surface area contributed by atoms with Crippen molar-refractivity contribution in [2.75, 3.05) is 0 Å². The molecule has 18 heavy (non-hydrogen) atoms. The van der Waals surface area contributed by atoms with Gasteiger partial charge in [0.05, 0.1) is 6.10 Å². The van der Waals surface area contributed by atoms with E-state index in [9.17, 15) is 9.90 Å². The largest absolute Gasteiger partial charge is 0.478 e. The van der Waals surface area contributed by atoms with Gasteiger partial charge in [0.1, 0.15) is 0 Å². The third-order valence-electron chi connectivity index (χ3n) is 4.87. The van der Waals surface area contributed by atoms with E-state index in [1.165, 1.54) is 5.57 Å². The van der Waals surface area contributed by atoms with Crippen LogP contribution in [0.15, 0.2) is 23.8 Å². The number of hydrogen-bond donors (Lipinski definition) is 2. The highest BCUT2D eigenvalue weighted by atomic mass is 16.4. The van der Waals surface area contributed by atoms with Gasteiger partial charge in [-0.25, -0.2) is 4.79 Å². The van der Waals surface area contributed by atoms with E-state index in [0.29, 0.717) is 11.5 Å². The highest BCUT2D eigenvalue weighted by Gasteiger charge is 2.44. The molecule has 4 atom stereocenters. The Labute approximate surface area is 108 Å². The van der Waals surface area contributed by atoms with Gasteiger partial charge in [-0.05, 0) is 49.9 Å². The minimum atomic E-state index is -0.874. The maximum Gasteiger partial charge on any atom is 0.331 e. The molecular formula is C15H22O3. The van der Waals surface area contributed by atoms with Crippen LogP contribution < -0.4 is 0 Å². The maximum atomic E-state index is 11.0. The molecule has 0 unspecified atom stereocenters. The molecule has 3 heteroatoms. The highest BCUT2D eigenvalue weighted by Crippen LogP contribution is 2.52. The molecule has 0 aromatic heterocycles. The molecule has 1 saturated carbocycles. The van der Waals surface area contributed by atoms with Crippen LogP contribution in [0.1, 0.15) is 39.5 Å². The Morgan fingerprint density at radius 2 is 2.22 bits per heavy atom. The van der Waals surface area contributed by atoms with Gasteiger partial charge < -0.3 is 10.2 Å². The zero-order valence-electron chi connectivity index (χ0n) is 11.1. The average Bonchev–Trinajstić information content (AvgIpc) is 2.26. The van der Waals surface area contributed by atoms with E-state index < -0.39 is 5.97 Å². The molecule has 2 aliphatic carbocycles. The van der Waals surface area contributed by atoms with Gasteiger partial charge in [-0.3, -0.25) is 0 Å². The minimum Gasteiger partial charge on any atom is -0.478 e. The number of carboxylic acids is 1. The van der Waals surface area contributed by atoms with Crippen LogP contribution >= 0.6 is 0 Å². The van der Waals surface area contributed by atoms with Gasteiger partial charge in [-0.2, -0.15) is 0 Å². The van der Waals surface area contributed by atoms with Gasteiger partial charge in [0.2, 0.25) is 0 Å². The fraction of sp³-hybridized carbons (Fsp3) is 0.667. The molecule has 0 radical (unpaired) electrons. The zero-order valence-corrected chi connectivity index (χ0v) is 11.1. The lowest BCUT2D eigenvalue weighted by molar-refractivity contribution is -0.133. The standard InChI is InChI=1S/C15H22O3/c1-9-6-12(16)8-15(3)5-4-11(7-13(9)15)10(2)14(17)18/h6,11-13,16H,2,4-5,7-8H2,1,3H3,(H,17,18)/t11-,12-,13-,15-/m0/s1. The Morgan fingerprint density at radius 3 is 2.83 bits per heavy atom. The van der Waals surface area contributed by atoms with Crippen molar-refractivity contribution in [3.8, 4) is 0 Å². The van der Waals surface area contributed by atoms with Crippen LogP contribution in [0, 0.1) is 17.3 Å². The first-order valence-corrected chi connectivity index (χ1v) is 6.62. The lowest BCUT2D eigenvalue weighted by Gasteiger charge is -2.48. The molecule has 2 N–H and O–H groups in total. The molecule has 0 aromatic rings. The fourth-order valence-electron chi connectivity index (χ4n) is 3.79. The number of aliphatic hydroxyl groups is 1. The lowest BCUT2D eigenvalue weighted by Crippen LogP contribution is -2.41. The Hall–Kier alpha value is -1.09. The molecule has 1 fully saturated rings. The van der Waals surface area contributed by atoms with Gasteiger partial charge in [0, 0.05) is 5.57 Å². The maximum absolute atomic E-state index is 11.0. The molecule has 100 valence electrons. The smallest absolute Gasteiger partial charge is 0.331 e. The molecule has 2 aliphatic rings. The Balaban J connectivity index is 2.20. The molecule has 0 spiro atoms. The second-order valence-electron chi connectivity index (χ2n) is 6.19. The molecule has 0 bridgehead atoms. The third kappa shape index (κ3) is 2.24. The lowest BCUT2D eigenvalue weighted by atomic mass is 9.57. The van der Waals surface area contributed by atoms with Crippen molar-refractivity contribution < 1.29 is 15.0 Å². The number of carboxylic acid groups (broad SMARTS) is 1. The summed E-state index contributed by atoms with van der Waals surface area (Å²) >= 11 is 0. The van der Waals surface area contributed by atoms with Gasteiger partial charge >= 0.3 is 5.97 Å². The quantitative estimate of drug-likeness (QED) is 0.585. The van der Waals surface area contributed by atoms with Crippen LogP contribution in [0.5, 0.6) is 0 Å². The number of fused-ring (bicyclic) bond motifs is 1. The van der Waals surface area contributed by atoms with E-state index in [2.05, 4.69) is 20.4 Å². The number of aliphatic carboxylic acids is 1. The monoisotopic (exact) mass is 250 g/mol. The molecule has 0 aliphatic heterocycles. The molecule has 0 amide bonds. The molecule has 0 saturated heterocycles. The zero-order chi connectivity index (χ0) is 13.5. The molecule has 0 heterocycles. The second-order valence-corrected chi connectivity index (χ2v) is 6.19. The summed E-state index contributed by atoms with van der Waals surface area (Å²) in [6.07, 6.45) is 5.08. The van der Waals surface area contributed by atoms with Crippen molar-refractivity contribution in [3.63, 3.8) is 0 Å². The second kappa shape index (κ2) is 4.54. The highest BCUT2D eigenvalue weighted by molar-refractivity contribution is 5.86. The Morgan fingerprint density at radius 1 is 1.56 bits per heavy atom. The number of allylic oxidation sites excluding steroid dienone is 1. The van der Waals surface area contributed by atoms with Crippen molar-refractivity contribution in [1.82, 2.24) is 0 Å². The van der Waals surface area contributed by atoms with Crippen molar-refractivity contribution >= 4 is 5.97 Å². The molecule has 2 rings (SSSR count). The van der Waals surface area contributed by atoms with Gasteiger partial charge in [-0.15, -0.1) is 0 Å². The molecule has 3 nitrogen and oxygen atoms in total. The summed E-state index contributed by atoms with van der Waals surface area (Å²) < 4.78 is 0. The van der Waals surface area contributed by atoms with E-state index in [1.54, 1.807) is 0 Å². The summed E-state index contributed by atoms with van der Waals surface area (Å²) in [5, 5.41) is 18.9. The predicted molar refractivity (Wildman–Crippen MR) is 70.1 cm³/mol. The summed E-state index contributed by atoms with van der Waals surface area (Å²) in [5.74, 6) is -0.406. The van der Waals surface area contributed by atoms with Gasteiger partial charge in [0.15, 0.2) is 0 Å². The summed E-state index contributed by atoms with van der Waals surface area (Å²) in [5.41, 5.74) is 1.67. The first kappa shape index (κ1) is 13.3. The first-order valence-electron chi connectivity index (χ1n) is 6.62. The number of hydrogen-bond acceptors (Lipinski definition) is 2. The topological polar surface area (TPSA) is 57.5 Å². The van der Waals surface area contributed by atoms with E-state index in [0.717, 1.165) is 25.7 Å². The van der Waals surface area contributed by atoms with Crippen molar-refractivity contribution in [1.29, 1.82) is 0 Å². The first-order chi connectivity index (χ1) is 8.33. The number of aliphatic hydroxyl groups excluding tert-OH is 1. The van der Waals surface area contributed by atoms with E-state index >= 15 is 0 Å².